The molecule has 9 nitrogen and oxygen atoms in total. The van der Waals surface area contributed by atoms with Gasteiger partial charge in [-0.1, -0.05) is 31.4 Å². The van der Waals surface area contributed by atoms with Crippen molar-refractivity contribution in [1.82, 2.24) is 31.3 Å². The molecule has 2 fully saturated rings. The monoisotopic (exact) mass is 444 g/mol. The molecule has 3 rings (SSSR count). The third-order valence-corrected chi connectivity index (χ3v) is 6.38. The number of aromatic nitrogens is 4. The molecule has 9 heteroatoms. The summed E-state index contributed by atoms with van der Waals surface area (Å²) in [5.41, 5.74) is 0. The van der Waals surface area contributed by atoms with Crippen LogP contribution >= 0.6 is 0 Å². The lowest BCUT2D eigenvalue weighted by atomic mass is 9.77. The number of rotatable bonds is 13. The van der Waals surface area contributed by atoms with Crippen molar-refractivity contribution in [2.24, 2.45) is 11.8 Å². The van der Waals surface area contributed by atoms with Crippen molar-refractivity contribution >= 4 is 11.8 Å². The van der Waals surface area contributed by atoms with Gasteiger partial charge in [-0.05, 0) is 25.7 Å². The maximum Gasteiger partial charge on any atom is 0.239 e. The van der Waals surface area contributed by atoms with E-state index in [1.807, 2.05) is 0 Å². The van der Waals surface area contributed by atoms with Crippen LogP contribution in [0.15, 0.2) is 0 Å². The van der Waals surface area contributed by atoms with Crippen LogP contribution in [0, 0.1) is 23.7 Å². The van der Waals surface area contributed by atoms with Crippen LogP contribution in [-0.2, 0) is 20.7 Å². The zero-order valence-electron chi connectivity index (χ0n) is 19.1. The van der Waals surface area contributed by atoms with E-state index in [1.54, 1.807) is 0 Å². The van der Waals surface area contributed by atoms with Crippen LogP contribution in [0.5, 0.6) is 0 Å². The molecule has 0 aromatic carbocycles. The number of aryl methyl sites for hydroxylation is 1. The van der Waals surface area contributed by atoms with Gasteiger partial charge in [0.15, 0.2) is 5.82 Å². The number of nitrogens with zero attached hydrogens (tertiary/aromatic N) is 3. The second-order valence-electron chi connectivity index (χ2n) is 8.75. The third kappa shape index (κ3) is 7.59. The SMILES string of the molecule is CCCCCCC(=O)NCC(=O)NC[C@@H]1[C@H](CC#CCCCc2nn[nH]n2)[C@@H]2CC[C@H]1O2. The van der Waals surface area contributed by atoms with Crippen molar-refractivity contribution in [3.8, 4) is 11.8 Å². The summed E-state index contributed by atoms with van der Waals surface area (Å²) >= 11 is 0. The van der Waals surface area contributed by atoms with E-state index in [1.165, 1.54) is 0 Å². The summed E-state index contributed by atoms with van der Waals surface area (Å²) in [6, 6.07) is 0. The zero-order valence-corrected chi connectivity index (χ0v) is 19.1. The number of hydrogen-bond donors (Lipinski definition) is 3. The lowest BCUT2D eigenvalue weighted by molar-refractivity contribution is -0.126. The Bertz CT molecular complexity index is 772. The van der Waals surface area contributed by atoms with Crippen molar-refractivity contribution in [2.45, 2.75) is 89.8 Å². The van der Waals surface area contributed by atoms with Crippen LogP contribution < -0.4 is 10.6 Å². The second-order valence-corrected chi connectivity index (χ2v) is 8.75. The maximum atomic E-state index is 12.2. The number of ether oxygens (including phenoxy) is 1. The Balaban J connectivity index is 1.33. The summed E-state index contributed by atoms with van der Waals surface area (Å²) < 4.78 is 6.10. The minimum atomic E-state index is -0.138. The molecule has 0 spiro atoms. The largest absolute Gasteiger partial charge is 0.374 e. The van der Waals surface area contributed by atoms with Gasteiger partial charge in [-0.3, -0.25) is 9.59 Å². The lowest BCUT2D eigenvalue weighted by Crippen LogP contribution is -2.42. The fourth-order valence-corrected chi connectivity index (χ4v) is 4.61. The molecule has 2 bridgehead atoms. The molecule has 0 radical (unpaired) electrons. The predicted molar refractivity (Wildman–Crippen MR) is 119 cm³/mol. The minimum Gasteiger partial charge on any atom is -0.374 e. The van der Waals surface area contributed by atoms with E-state index in [-0.39, 0.29) is 36.5 Å². The van der Waals surface area contributed by atoms with Crippen LogP contribution in [0.25, 0.3) is 0 Å². The summed E-state index contributed by atoms with van der Waals surface area (Å²) in [7, 11) is 0. The van der Waals surface area contributed by atoms with Crippen molar-refractivity contribution in [1.29, 1.82) is 0 Å². The van der Waals surface area contributed by atoms with Crippen molar-refractivity contribution < 1.29 is 14.3 Å². The molecule has 2 aliphatic rings. The summed E-state index contributed by atoms with van der Waals surface area (Å²) in [4.78, 5) is 24.1. The van der Waals surface area contributed by atoms with E-state index >= 15 is 0 Å². The Morgan fingerprint density at radius 3 is 2.69 bits per heavy atom. The number of H-pyrrole nitrogens is 1. The minimum absolute atomic E-state index is 0.0408. The van der Waals surface area contributed by atoms with Gasteiger partial charge in [-0.2, -0.15) is 5.21 Å². The number of aromatic amines is 1. The molecule has 0 unspecified atom stereocenters. The number of nitrogens with one attached hydrogen (secondary N) is 3. The van der Waals surface area contributed by atoms with Gasteiger partial charge < -0.3 is 15.4 Å². The van der Waals surface area contributed by atoms with Crippen LogP contribution in [0.4, 0.5) is 0 Å². The first-order chi connectivity index (χ1) is 15.7. The number of carbonyl (C=O) groups excluding carboxylic acids is 2. The van der Waals surface area contributed by atoms with E-state index in [0.717, 1.165) is 70.0 Å². The summed E-state index contributed by atoms with van der Waals surface area (Å²) in [5.74, 6) is 7.74. The van der Waals surface area contributed by atoms with Crippen molar-refractivity contribution in [3.05, 3.63) is 5.82 Å². The van der Waals surface area contributed by atoms with Gasteiger partial charge in [-0.15, -0.1) is 22.0 Å². The van der Waals surface area contributed by atoms with Crippen LogP contribution in [0.3, 0.4) is 0 Å². The van der Waals surface area contributed by atoms with Gasteiger partial charge in [0.2, 0.25) is 11.8 Å². The molecule has 0 aliphatic carbocycles. The van der Waals surface area contributed by atoms with Gasteiger partial charge in [0.25, 0.3) is 0 Å². The standard InChI is InChI=1S/C23H36N6O3/c1-2-3-4-9-12-22(30)25-16-23(31)24-15-18-17(19-13-14-20(18)32-19)10-7-5-6-8-11-21-26-28-29-27-21/h17-20H,2-4,6,8-16H2,1H3,(H,24,31)(H,25,30)(H,26,27,28,29)/t17-,18+,19-,20+/m0/s1. The molecular formula is C23H36N6O3. The van der Waals surface area contributed by atoms with E-state index in [9.17, 15) is 9.59 Å². The molecule has 0 saturated carbocycles. The number of hydrogen-bond acceptors (Lipinski definition) is 6. The quantitative estimate of drug-likeness (QED) is 0.316. The van der Waals surface area contributed by atoms with E-state index in [0.29, 0.717) is 18.9 Å². The normalized spacial score (nSPS) is 23.5. The molecule has 2 aliphatic heterocycles. The molecule has 3 heterocycles. The number of fused-ring (bicyclic) bond motifs is 2. The molecule has 2 saturated heterocycles. The predicted octanol–water partition coefficient (Wildman–Crippen LogP) is 1.91. The highest BCUT2D eigenvalue weighted by Gasteiger charge is 2.48. The van der Waals surface area contributed by atoms with E-state index < -0.39 is 0 Å². The topological polar surface area (TPSA) is 122 Å². The van der Waals surface area contributed by atoms with E-state index in [2.05, 4.69) is 50.0 Å². The Hall–Kier alpha value is -2.47. The fourth-order valence-electron chi connectivity index (χ4n) is 4.61. The van der Waals surface area contributed by atoms with Crippen LogP contribution in [-0.4, -0.2) is 57.7 Å². The van der Waals surface area contributed by atoms with Crippen molar-refractivity contribution in [3.63, 3.8) is 0 Å². The highest BCUT2D eigenvalue weighted by molar-refractivity contribution is 5.84. The molecule has 3 N–H and O–H groups in total. The summed E-state index contributed by atoms with van der Waals surface area (Å²) in [5, 5.41) is 19.6. The van der Waals surface area contributed by atoms with Crippen LogP contribution in [0.1, 0.15) is 77.0 Å². The number of unbranched alkanes of at least 4 members (excludes halogenated alkanes) is 4. The molecule has 4 atom stereocenters. The second kappa shape index (κ2) is 13.2. The summed E-state index contributed by atoms with van der Waals surface area (Å²) in [6.07, 6.45) is 10.6. The average Bonchev–Trinajstić information content (AvgIpc) is 3.54. The first kappa shape index (κ1) is 24.2. The highest BCUT2D eigenvalue weighted by atomic mass is 16.5. The van der Waals surface area contributed by atoms with Gasteiger partial charge >= 0.3 is 0 Å². The van der Waals surface area contributed by atoms with Crippen molar-refractivity contribution in [2.75, 3.05) is 13.1 Å². The van der Waals surface area contributed by atoms with Gasteiger partial charge in [0, 0.05) is 44.1 Å². The number of tetrazole rings is 1. The Labute approximate surface area is 190 Å². The molecule has 32 heavy (non-hydrogen) atoms. The first-order valence-electron chi connectivity index (χ1n) is 12.0. The number of amides is 2. The molecule has 2 amide bonds. The smallest absolute Gasteiger partial charge is 0.239 e. The molecule has 1 aromatic heterocycles. The zero-order chi connectivity index (χ0) is 22.6. The Morgan fingerprint density at radius 1 is 1.06 bits per heavy atom. The van der Waals surface area contributed by atoms with Gasteiger partial charge in [0.05, 0.1) is 18.8 Å². The molecule has 1 aromatic rings. The third-order valence-electron chi connectivity index (χ3n) is 6.38. The van der Waals surface area contributed by atoms with Gasteiger partial charge in [-0.25, -0.2) is 0 Å². The molecular weight excluding hydrogens is 408 g/mol. The highest BCUT2D eigenvalue weighted by Crippen LogP contribution is 2.44. The van der Waals surface area contributed by atoms with Gasteiger partial charge in [0.1, 0.15) is 0 Å². The average molecular weight is 445 g/mol. The van der Waals surface area contributed by atoms with Crippen LogP contribution in [0.2, 0.25) is 0 Å². The fraction of sp³-hybridized carbons (Fsp3) is 0.783. The maximum absolute atomic E-state index is 12.2. The summed E-state index contributed by atoms with van der Waals surface area (Å²) in [6.45, 7) is 2.76. The number of carbonyl (C=O) groups is 2. The molecule has 176 valence electrons. The lowest BCUT2D eigenvalue weighted by Gasteiger charge is -2.26. The van der Waals surface area contributed by atoms with E-state index in [4.69, 9.17) is 4.74 Å². The Morgan fingerprint density at radius 2 is 1.91 bits per heavy atom. The Kier molecular flexibility index (Phi) is 9.95. The first-order valence-corrected chi connectivity index (χ1v) is 12.0.